The number of nitrogens with zero attached hydrogens (tertiary/aromatic N) is 2. The zero-order chi connectivity index (χ0) is 25.5. The average molecular weight is 515 g/mol. The van der Waals surface area contributed by atoms with Crippen molar-refractivity contribution < 1.29 is 35.9 Å². The van der Waals surface area contributed by atoms with Gasteiger partial charge in [-0.05, 0) is 50.1 Å². The second-order valence-corrected chi connectivity index (χ2v) is 10.9. The summed E-state index contributed by atoms with van der Waals surface area (Å²) < 4.78 is 73.5. The van der Waals surface area contributed by atoms with Crippen molar-refractivity contribution in [1.82, 2.24) is 9.47 Å². The van der Waals surface area contributed by atoms with E-state index in [0.29, 0.717) is 37.1 Å². The van der Waals surface area contributed by atoms with Crippen LogP contribution in [0.25, 0.3) is 5.69 Å². The number of carbonyl (C=O) groups is 1. The van der Waals surface area contributed by atoms with Crippen LogP contribution in [0.3, 0.4) is 0 Å². The summed E-state index contributed by atoms with van der Waals surface area (Å²) in [5.74, 6) is 0.338. The summed E-state index contributed by atoms with van der Waals surface area (Å²) in [7, 11) is -3.35. The number of benzene rings is 1. The van der Waals surface area contributed by atoms with E-state index in [0.717, 1.165) is 13.2 Å². The number of carbonyl (C=O) groups excluding carboxylic acids is 1. The van der Waals surface area contributed by atoms with E-state index in [4.69, 9.17) is 4.74 Å². The summed E-state index contributed by atoms with van der Waals surface area (Å²) in [6.45, 7) is 0.803. The number of alkyl halides is 3. The lowest BCUT2D eigenvalue weighted by atomic mass is 10.0. The second kappa shape index (κ2) is 9.21. The van der Waals surface area contributed by atoms with Gasteiger partial charge in [0, 0.05) is 49.1 Å². The van der Waals surface area contributed by atoms with Gasteiger partial charge in [0.15, 0.2) is 15.9 Å². The first-order valence-electron chi connectivity index (χ1n) is 11.1. The molecular weight excluding hydrogens is 489 g/mol. The van der Waals surface area contributed by atoms with Gasteiger partial charge in [-0.25, -0.2) is 13.2 Å². The maximum absolute atomic E-state index is 12.8. The largest absolute Gasteiger partial charge is 0.490 e. The first kappa shape index (κ1) is 25.1. The first-order valence-corrected chi connectivity index (χ1v) is 13.0. The van der Waals surface area contributed by atoms with Crippen molar-refractivity contribution in [3.8, 4) is 11.4 Å². The van der Waals surface area contributed by atoms with E-state index in [-0.39, 0.29) is 28.6 Å². The van der Waals surface area contributed by atoms with E-state index in [1.165, 1.54) is 46.0 Å². The van der Waals surface area contributed by atoms with Crippen molar-refractivity contribution in [2.75, 3.05) is 6.26 Å². The molecule has 2 aliphatic rings. The van der Waals surface area contributed by atoms with E-state index < -0.39 is 28.2 Å². The molecule has 190 valence electrons. The van der Waals surface area contributed by atoms with E-state index in [2.05, 4.69) is 4.74 Å². The minimum absolute atomic E-state index is 0.145. The van der Waals surface area contributed by atoms with Crippen LogP contribution in [0.2, 0.25) is 0 Å². The predicted molar refractivity (Wildman–Crippen MR) is 119 cm³/mol. The van der Waals surface area contributed by atoms with Crippen LogP contribution in [-0.4, -0.2) is 60.7 Å². The van der Waals surface area contributed by atoms with Gasteiger partial charge in [0.05, 0.1) is 4.90 Å². The number of hydrogen-bond acceptors (Lipinski definition) is 6. The summed E-state index contributed by atoms with van der Waals surface area (Å²) in [4.78, 5) is 26.5. The molecule has 1 aromatic heterocycles. The molecule has 35 heavy (non-hydrogen) atoms. The number of rotatable bonds is 5. The Kier molecular flexibility index (Phi) is 6.60. The third-order valence-corrected chi connectivity index (χ3v) is 7.50. The molecule has 1 aromatic carbocycles. The zero-order valence-electron chi connectivity index (χ0n) is 19.1. The molecule has 1 amide bonds. The van der Waals surface area contributed by atoms with Crippen LogP contribution < -0.4 is 10.3 Å². The Morgan fingerprint density at radius 3 is 2.20 bits per heavy atom. The van der Waals surface area contributed by atoms with E-state index in [1.54, 1.807) is 6.07 Å². The topological polar surface area (TPSA) is 94.9 Å². The zero-order valence-corrected chi connectivity index (χ0v) is 19.9. The van der Waals surface area contributed by atoms with E-state index in [9.17, 15) is 31.2 Å². The van der Waals surface area contributed by atoms with Crippen molar-refractivity contribution in [2.24, 2.45) is 0 Å². The Balaban J connectivity index is 1.41. The number of aromatic nitrogens is 1. The minimum atomic E-state index is -4.62. The van der Waals surface area contributed by atoms with Crippen molar-refractivity contribution in [3.63, 3.8) is 0 Å². The molecule has 12 heteroatoms. The number of amides is 1. The Hall–Kier alpha value is -3.02. The first-order chi connectivity index (χ1) is 16.3. The Morgan fingerprint density at radius 2 is 1.69 bits per heavy atom. The standard InChI is InChI=1S/C23H25F3N2O6S/c1-14(23(24,25)26)33-22(30)28-16-3-4-17(28)12-19(11-16)34-18-9-10-27(21(29)13-18)15-5-7-20(8-6-15)35(2,31)32/h5-10,13-14,16-17,19H,3-4,11-12H2,1-2H3. The molecule has 2 saturated heterocycles. The van der Waals surface area contributed by atoms with E-state index in [1.807, 2.05) is 0 Å². The number of hydrogen-bond donors (Lipinski definition) is 0. The molecular formula is C23H25F3N2O6S. The number of fused-ring (bicyclic) bond motifs is 2. The van der Waals surface area contributed by atoms with Crippen molar-refractivity contribution >= 4 is 15.9 Å². The predicted octanol–water partition coefficient (Wildman–Crippen LogP) is 3.70. The van der Waals surface area contributed by atoms with Gasteiger partial charge < -0.3 is 14.4 Å². The van der Waals surface area contributed by atoms with Crippen LogP contribution in [0.5, 0.6) is 5.75 Å². The van der Waals surface area contributed by atoms with Crippen LogP contribution in [0.15, 0.2) is 52.3 Å². The normalized spacial score (nSPS) is 23.1. The lowest BCUT2D eigenvalue weighted by Gasteiger charge is -2.38. The van der Waals surface area contributed by atoms with Crippen LogP contribution >= 0.6 is 0 Å². The van der Waals surface area contributed by atoms with Crippen LogP contribution in [0.4, 0.5) is 18.0 Å². The van der Waals surface area contributed by atoms with Gasteiger partial charge in [-0.3, -0.25) is 9.36 Å². The maximum atomic E-state index is 12.8. The van der Waals surface area contributed by atoms with Gasteiger partial charge in [0.2, 0.25) is 0 Å². The highest BCUT2D eigenvalue weighted by Crippen LogP contribution is 2.38. The highest BCUT2D eigenvalue weighted by Gasteiger charge is 2.47. The monoisotopic (exact) mass is 514 g/mol. The fourth-order valence-corrected chi connectivity index (χ4v) is 5.22. The summed E-state index contributed by atoms with van der Waals surface area (Å²) in [6, 6.07) is 8.25. The lowest BCUT2D eigenvalue weighted by molar-refractivity contribution is -0.200. The highest BCUT2D eigenvalue weighted by atomic mass is 32.2. The fraction of sp³-hybridized carbons (Fsp3) is 0.478. The molecule has 4 rings (SSSR count). The molecule has 0 N–H and O–H groups in total. The van der Waals surface area contributed by atoms with Gasteiger partial charge in [-0.2, -0.15) is 13.2 Å². The van der Waals surface area contributed by atoms with Crippen LogP contribution in [0.1, 0.15) is 32.6 Å². The smallest absolute Gasteiger partial charge is 0.425 e. The third-order valence-electron chi connectivity index (χ3n) is 6.38. The number of ether oxygens (including phenoxy) is 2. The molecule has 2 fully saturated rings. The molecule has 0 aliphatic carbocycles. The van der Waals surface area contributed by atoms with Gasteiger partial charge in [0.1, 0.15) is 11.9 Å². The van der Waals surface area contributed by atoms with Gasteiger partial charge in [0.25, 0.3) is 5.56 Å². The quantitative estimate of drug-likeness (QED) is 0.604. The second-order valence-electron chi connectivity index (χ2n) is 8.91. The molecule has 0 spiro atoms. The lowest BCUT2D eigenvalue weighted by Crippen LogP contribution is -2.50. The molecule has 0 radical (unpaired) electrons. The van der Waals surface area contributed by atoms with Gasteiger partial charge in [-0.15, -0.1) is 0 Å². The molecule has 8 nitrogen and oxygen atoms in total. The number of piperidine rings is 1. The third kappa shape index (κ3) is 5.47. The molecule has 3 heterocycles. The van der Waals surface area contributed by atoms with Crippen molar-refractivity contribution in [2.45, 2.75) is 68.0 Å². The number of halogens is 3. The molecule has 3 unspecified atom stereocenters. The van der Waals surface area contributed by atoms with Crippen molar-refractivity contribution in [1.29, 1.82) is 0 Å². The number of pyridine rings is 1. The molecule has 2 aromatic rings. The maximum Gasteiger partial charge on any atom is 0.425 e. The highest BCUT2D eigenvalue weighted by molar-refractivity contribution is 7.90. The van der Waals surface area contributed by atoms with Crippen LogP contribution in [0, 0.1) is 0 Å². The number of sulfone groups is 1. The summed E-state index contributed by atoms with van der Waals surface area (Å²) >= 11 is 0. The molecule has 2 bridgehead atoms. The SMILES string of the molecule is CC(OC(=O)N1C2CCC1CC(Oc1ccn(-c3ccc(S(C)(=O)=O)cc3)c(=O)c1)C2)C(F)(F)F. The summed E-state index contributed by atoms with van der Waals surface area (Å²) in [5.41, 5.74) is 0.117. The van der Waals surface area contributed by atoms with Gasteiger partial charge in [-0.1, -0.05) is 0 Å². The molecule has 2 aliphatic heterocycles. The summed E-state index contributed by atoms with van der Waals surface area (Å²) in [5, 5.41) is 0. The van der Waals surface area contributed by atoms with Gasteiger partial charge >= 0.3 is 12.3 Å². The Bertz CT molecular complexity index is 1250. The minimum Gasteiger partial charge on any atom is -0.490 e. The molecule has 3 atom stereocenters. The summed E-state index contributed by atoms with van der Waals surface area (Å²) in [6.07, 6.45) is -3.33. The molecule has 0 saturated carbocycles. The van der Waals surface area contributed by atoms with E-state index >= 15 is 0 Å². The fourth-order valence-electron chi connectivity index (χ4n) is 4.59. The van der Waals surface area contributed by atoms with Crippen molar-refractivity contribution in [3.05, 3.63) is 52.9 Å². The average Bonchev–Trinajstić information content (AvgIpc) is 3.03. The van der Waals surface area contributed by atoms with Crippen LogP contribution in [-0.2, 0) is 14.6 Å². The Morgan fingerprint density at radius 1 is 1.09 bits per heavy atom. The Labute approximate surface area is 200 Å².